The number of aromatic nitrogens is 1. The van der Waals surface area contributed by atoms with Crippen molar-refractivity contribution in [3.05, 3.63) is 48.7 Å². The smallest absolute Gasteiger partial charge is 0.325 e. The molecule has 0 aliphatic rings. The highest BCUT2D eigenvalue weighted by Crippen LogP contribution is 2.19. The standard InChI is InChI=1S/C16H18N2O3/c1-3-9-18-13-8-6-5-7-12(13)10-14(18)16(20)17-11-15(19)21-4-2/h3,5-8,10H,1,4,9,11H2,2H3,(H,17,20). The van der Waals surface area contributed by atoms with E-state index in [9.17, 15) is 9.59 Å². The first-order valence-electron chi connectivity index (χ1n) is 6.80. The van der Waals surface area contributed by atoms with Crippen molar-refractivity contribution < 1.29 is 14.3 Å². The molecule has 0 aliphatic carbocycles. The molecule has 0 saturated carbocycles. The molecule has 1 heterocycles. The monoisotopic (exact) mass is 286 g/mol. The Kier molecular flexibility index (Phi) is 4.77. The molecule has 5 nitrogen and oxygen atoms in total. The van der Waals surface area contributed by atoms with Gasteiger partial charge in [-0.1, -0.05) is 24.3 Å². The van der Waals surface area contributed by atoms with Gasteiger partial charge in [-0.15, -0.1) is 6.58 Å². The van der Waals surface area contributed by atoms with Crippen LogP contribution in [0, 0.1) is 0 Å². The third kappa shape index (κ3) is 3.31. The van der Waals surface area contributed by atoms with E-state index in [4.69, 9.17) is 4.74 Å². The van der Waals surface area contributed by atoms with E-state index in [2.05, 4.69) is 11.9 Å². The number of nitrogens with zero attached hydrogens (tertiary/aromatic N) is 1. The lowest BCUT2D eigenvalue weighted by Crippen LogP contribution is -2.32. The second-order valence-corrected chi connectivity index (χ2v) is 4.48. The van der Waals surface area contributed by atoms with Crippen LogP contribution in [0.3, 0.4) is 0 Å². The molecule has 0 saturated heterocycles. The van der Waals surface area contributed by atoms with Gasteiger partial charge in [0.2, 0.25) is 0 Å². The molecule has 1 N–H and O–H groups in total. The zero-order valence-corrected chi connectivity index (χ0v) is 12.0. The summed E-state index contributed by atoms with van der Waals surface area (Å²) in [5, 5.41) is 3.55. The fraction of sp³-hybridized carbons (Fsp3) is 0.250. The number of carbonyl (C=O) groups excluding carboxylic acids is 2. The van der Waals surface area contributed by atoms with E-state index in [1.165, 1.54) is 0 Å². The van der Waals surface area contributed by atoms with E-state index in [1.54, 1.807) is 19.1 Å². The van der Waals surface area contributed by atoms with Crippen LogP contribution in [-0.2, 0) is 16.1 Å². The maximum Gasteiger partial charge on any atom is 0.325 e. The van der Waals surface area contributed by atoms with Gasteiger partial charge >= 0.3 is 5.97 Å². The topological polar surface area (TPSA) is 60.3 Å². The molecule has 21 heavy (non-hydrogen) atoms. The van der Waals surface area contributed by atoms with Crippen molar-refractivity contribution >= 4 is 22.8 Å². The molecule has 2 rings (SSSR count). The summed E-state index contributed by atoms with van der Waals surface area (Å²) in [5.74, 6) is -0.752. The summed E-state index contributed by atoms with van der Waals surface area (Å²) in [4.78, 5) is 23.5. The summed E-state index contributed by atoms with van der Waals surface area (Å²) in [6, 6.07) is 9.53. The molecule has 1 aromatic heterocycles. The molecule has 0 unspecified atom stereocenters. The molecule has 0 radical (unpaired) electrons. The highest BCUT2D eigenvalue weighted by molar-refractivity contribution is 5.99. The lowest BCUT2D eigenvalue weighted by molar-refractivity contribution is -0.141. The summed E-state index contributed by atoms with van der Waals surface area (Å²) in [5.41, 5.74) is 1.46. The van der Waals surface area contributed by atoms with Crippen LogP contribution >= 0.6 is 0 Å². The van der Waals surface area contributed by atoms with Gasteiger partial charge in [-0.2, -0.15) is 0 Å². The van der Waals surface area contributed by atoms with Crippen LogP contribution in [0.5, 0.6) is 0 Å². The van der Waals surface area contributed by atoms with Gasteiger partial charge < -0.3 is 14.6 Å². The van der Waals surface area contributed by atoms with Crippen LogP contribution in [0.25, 0.3) is 10.9 Å². The number of allylic oxidation sites excluding steroid dienone is 1. The first kappa shape index (κ1) is 14.8. The Morgan fingerprint density at radius 3 is 2.86 bits per heavy atom. The van der Waals surface area contributed by atoms with Crippen LogP contribution in [0.1, 0.15) is 17.4 Å². The number of nitrogens with one attached hydrogen (secondary N) is 1. The quantitative estimate of drug-likeness (QED) is 0.653. The maximum atomic E-state index is 12.2. The van der Waals surface area contributed by atoms with Gasteiger partial charge in [-0.25, -0.2) is 0 Å². The van der Waals surface area contributed by atoms with E-state index in [1.807, 2.05) is 28.8 Å². The second kappa shape index (κ2) is 6.74. The lowest BCUT2D eigenvalue weighted by atomic mass is 10.2. The zero-order valence-electron chi connectivity index (χ0n) is 12.0. The van der Waals surface area contributed by atoms with Crippen LogP contribution in [-0.4, -0.2) is 29.6 Å². The summed E-state index contributed by atoms with van der Waals surface area (Å²) < 4.78 is 6.65. The minimum atomic E-state index is -0.447. The molecule has 1 aromatic carbocycles. The predicted octanol–water partition coefficient (Wildman–Crippen LogP) is 2.12. The second-order valence-electron chi connectivity index (χ2n) is 4.48. The molecule has 0 spiro atoms. The van der Waals surface area contributed by atoms with E-state index in [0.29, 0.717) is 18.8 Å². The summed E-state index contributed by atoms with van der Waals surface area (Å²) in [6.07, 6.45) is 1.73. The SMILES string of the molecule is C=CCn1c(C(=O)NCC(=O)OCC)cc2ccccc21. The molecular formula is C16H18N2O3. The van der Waals surface area contributed by atoms with Crippen molar-refractivity contribution in [3.8, 4) is 0 Å². The summed E-state index contributed by atoms with van der Waals surface area (Å²) in [6.45, 7) is 6.12. The van der Waals surface area contributed by atoms with Crippen molar-refractivity contribution in [1.29, 1.82) is 0 Å². The van der Waals surface area contributed by atoms with Gasteiger partial charge in [0.25, 0.3) is 5.91 Å². The Hall–Kier alpha value is -2.56. The van der Waals surface area contributed by atoms with Crippen molar-refractivity contribution in [1.82, 2.24) is 9.88 Å². The largest absolute Gasteiger partial charge is 0.465 e. The number of carbonyl (C=O) groups is 2. The molecule has 0 aliphatic heterocycles. The molecular weight excluding hydrogens is 268 g/mol. The number of esters is 1. The van der Waals surface area contributed by atoms with Gasteiger partial charge in [0, 0.05) is 17.4 Å². The summed E-state index contributed by atoms with van der Waals surface area (Å²) in [7, 11) is 0. The number of hydrogen-bond acceptors (Lipinski definition) is 3. The number of hydrogen-bond donors (Lipinski definition) is 1. The Balaban J connectivity index is 2.23. The Morgan fingerprint density at radius 2 is 2.14 bits per heavy atom. The van der Waals surface area contributed by atoms with E-state index in [0.717, 1.165) is 10.9 Å². The third-order valence-electron chi connectivity index (χ3n) is 3.05. The summed E-state index contributed by atoms with van der Waals surface area (Å²) >= 11 is 0. The van der Waals surface area contributed by atoms with E-state index < -0.39 is 5.97 Å². The van der Waals surface area contributed by atoms with E-state index >= 15 is 0 Å². The molecule has 110 valence electrons. The average molecular weight is 286 g/mol. The molecule has 1 amide bonds. The predicted molar refractivity (Wildman–Crippen MR) is 81.1 cm³/mol. The maximum absolute atomic E-state index is 12.2. The number of amides is 1. The fourth-order valence-corrected chi connectivity index (χ4v) is 2.18. The van der Waals surface area contributed by atoms with Crippen LogP contribution < -0.4 is 5.32 Å². The Bertz CT molecular complexity index is 673. The van der Waals surface area contributed by atoms with Crippen LogP contribution in [0.4, 0.5) is 0 Å². The van der Waals surface area contributed by atoms with Crippen molar-refractivity contribution in [2.24, 2.45) is 0 Å². The Morgan fingerprint density at radius 1 is 1.38 bits per heavy atom. The first-order valence-corrected chi connectivity index (χ1v) is 6.80. The number of ether oxygens (including phenoxy) is 1. The van der Waals surface area contributed by atoms with Gasteiger partial charge in [0.05, 0.1) is 6.61 Å². The first-order chi connectivity index (χ1) is 10.2. The number of rotatable bonds is 6. The number of benzene rings is 1. The van der Waals surface area contributed by atoms with Crippen molar-refractivity contribution in [2.45, 2.75) is 13.5 Å². The zero-order chi connectivity index (χ0) is 15.2. The van der Waals surface area contributed by atoms with Gasteiger partial charge in [-0.3, -0.25) is 9.59 Å². The minimum Gasteiger partial charge on any atom is -0.465 e. The van der Waals surface area contributed by atoms with Gasteiger partial charge in [0.15, 0.2) is 0 Å². The third-order valence-corrected chi connectivity index (χ3v) is 3.05. The fourth-order valence-electron chi connectivity index (χ4n) is 2.18. The number of para-hydroxylation sites is 1. The van der Waals surface area contributed by atoms with Crippen molar-refractivity contribution in [3.63, 3.8) is 0 Å². The lowest BCUT2D eigenvalue weighted by Gasteiger charge is -2.08. The molecule has 0 atom stereocenters. The van der Waals surface area contributed by atoms with Crippen LogP contribution in [0.2, 0.25) is 0 Å². The molecule has 5 heteroatoms. The van der Waals surface area contributed by atoms with Crippen molar-refractivity contribution in [2.75, 3.05) is 13.2 Å². The highest BCUT2D eigenvalue weighted by Gasteiger charge is 2.15. The number of fused-ring (bicyclic) bond motifs is 1. The molecule has 2 aromatic rings. The average Bonchev–Trinajstić information content (AvgIpc) is 2.85. The highest BCUT2D eigenvalue weighted by atomic mass is 16.5. The van der Waals surface area contributed by atoms with E-state index in [-0.39, 0.29) is 12.5 Å². The molecule has 0 bridgehead atoms. The normalized spacial score (nSPS) is 10.3. The van der Waals surface area contributed by atoms with Gasteiger partial charge in [-0.05, 0) is 19.1 Å². The van der Waals surface area contributed by atoms with Gasteiger partial charge in [0.1, 0.15) is 12.2 Å². The molecule has 0 fully saturated rings. The Labute approximate surface area is 123 Å². The van der Waals surface area contributed by atoms with Crippen LogP contribution in [0.15, 0.2) is 43.0 Å². The minimum absolute atomic E-state index is 0.137.